The van der Waals surface area contributed by atoms with Crippen molar-refractivity contribution in [3.63, 3.8) is 0 Å². The number of aliphatic hydroxyl groups excluding tert-OH is 2. The van der Waals surface area contributed by atoms with Gasteiger partial charge in [0.1, 0.15) is 5.69 Å². The molecule has 0 aliphatic carbocycles. The van der Waals surface area contributed by atoms with E-state index < -0.39 is 5.41 Å². The van der Waals surface area contributed by atoms with Crippen molar-refractivity contribution in [2.45, 2.75) is 13.8 Å². The van der Waals surface area contributed by atoms with Gasteiger partial charge in [-0.15, -0.1) is 0 Å². The fraction of sp³-hybridized carbons (Fsp3) is 0.412. The smallest absolute Gasteiger partial charge is 0.292 e. The monoisotopic (exact) mass is 318 g/mol. The van der Waals surface area contributed by atoms with Gasteiger partial charge in [-0.2, -0.15) is 0 Å². The number of nitrogens with zero attached hydrogens (tertiary/aromatic N) is 2. The normalized spacial score (nSPS) is 11.5. The van der Waals surface area contributed by atoms with E-state index in [4.69, 9.17) is 4.52 Å². The third-order valence-corrected chi connectivity index (χ3v) is 3.80. The molecule has 1 aromatic carbocycles. The third kappa shape index (κ3) is 3.97. The average Bonchev–Trinajstić information content (AvgIpc) is 3.04. The lowest BCUT2D eigenvalue weighted by Gasteiger charge is -2.29. The van der Waals surface area contributed by atoms with Crippen LogP contribution in [0.1, 0.15) is 23.0 Å². The molecule has 2 rings (SSSR count). The van der Waals surface area contributed by atoms with Gasteiger partial charge in [-0.1, -0.05) is 41.9 Å². The molecule has 6 nitrogen and oxygen atoms in total. The van der Waals surface area contributed by atoms with Gasteiger partial charge in [0.15, 0.2) is 0 Å². The summed E-state index contributed by atoms with van der Waals surface area (Å²) in [6.45, 7) is 3.47. The lowest BCUT2D eigenvalue weighted by Crippen LogP contribution is -2.41. The number of carbonyl (C=O) groups is 1. The number of aliphatic hydroxyl groups is 2. The number of carbonyl (C=O) groups excluding carboxylic acids is 1. The van der Waals surface area contributed by atoms with Crippen LogP contribution in [0.2, 0.25) is 0 Å². The molecule has 2 N–H and O–H groups in total. The van der Waals surface area contributed by atoms with Crippen LogP contribution in [0.5, 0.6) is 0 Å². The number of hydrogen-bond acceptors (Lipinski definition) is 5. The van der Waals surface area contributed by atoms with Gasteiger partial charge in [-0.3, -0.25) is 4.79 Å². The van der Waals surface area contributed by atoms with Crippen LogP contribution in [0.4, 0.5) is 0 Å². The van der Waals surface area contributed by atoms with Crippen LogP contribution in [-0.4, -0.2) is 53.0 Å². The fourth-order valence-electron chi connectivity index (χ4n) is 2.22. The quantitative estimate of drug-likeness (QED) is 0.847. The Morgan fingerprint density at radius 3 is 2.43 bits per heavy atom. The molecule has 6 heteroatoms. The van der Waals surface area contributed by atoms with Gasteiger partial charge in [0.2, 0.25) is 5.76 Å². The second-order valence-corrected chi connectivity index (χ2v) is 6.23. The van der Waals surface area contributed by atoms with E-state index in [0.717, 1.165) is 11.1 Å². The van der Waals surface area contributed by atoms with E-state index in [2.05, 4.69) is 5.16 Å². The standard InChI is InChI=1S/C17H22N2O4/c1-12-4-6-13(7-5-12)14-8-15(23-18-14)16(22)19(3)9-17(2,10-20)11-21/h4-8,20-21H,9-11H2,1-3H3. The molecule has 2 aromatic rings. The van der Waals surface area contributed by atoms with E-state index in [1.54, 1.807) is 20.0 Å². The number of hydrogen-bond donors (Lipinski definition) is 2. The first-order valence-corrected chi connectivity index (χ1v) is 7.39. The molecule has 0 aliphatic rings. The Balaban J connectivity index is 2.13. The highest BCUT2D eigenvalue weighted by Gasteiger charge is 2.28. The van der Waals surface area contributed by atoms with Gasteiger partial charge in [-0.25, -0.2) is 0 Å². The molecule has 0 atom stereocenters. The Bertz CT molecular complexity index is 659. The van der Waals surface area contributed by atoms with E-state index in [1.807, 2.05) is 31.2 Å². The maximum Gasteiger partial charge on any atom is 0.292 e. The zero-order valence-electron chi connectivity index (χ0n) is 13.6. The third-order valence-electron chi connectivity index (χ3n) is 3.80. The minimum atomic E-state index is -0.760. The van der Waals surface area contributed by atoms with Crippen molar-refractivity contribution < 1.29 is 19.5 Å². The summed E-state index contributed by atoms with van der Waals surface area (Å²) >= 11 is 0. The van der Waals surface area contributed by atoms with Crippen molar-refractivity contribution in [3.8, 4) is 11.3 Å². The molecule has 0 spiro atoms. The van der Waals surface area contributed by atoms with Crippen LogP contribution < -0.4 is 0 Å². The van der Waals surface area contributed by atoms with Gasteiger partial charge < -0.3 is 19.6 Å². The first-order valence-electron chi connectivity index (χ1n) is 7.39. The first kappa shape index (κ1) is 17.2. The molecule has 0 bridgehead atoms. The molecule has 0 unspecified atom stereocenters. The maximum absolute atomic E-state index is 12.4. The van der Waals surface area contributed by atoms with Gasteiger partial charge in [-0.05, 0) is 6.92 Å². The van der Waals surface area contributed by atoms with Crippen LogP contribution in [-0.2, 0) is 0 Å². The van der Waals surface area contributed by atoms with Gasteiger partial charge >= 0.3 is 0 Å². The lowest BCUT2D eigenvalue weighted by atomic mass is 9.92. The summed E-state index contributed by atoms with van der Waals surface area (Å²) in [6, 6.07) is 9.36. The predicted molar refractivity (Wildman–Crippen MR) is 85.9 cm³/mol. The number of aromatic nitrogens is 1. The summed E-state index contributed by atoms with van der Waals surface area (Å²) in [5.74, 6) is -0.217. The lowest BCUT2D eigenvalue weighted by molar-refractivity contribution is 0.0348. The second kappa shape index (κ2) is 6.93. The topological polar surface area (TPSA) is 86.8 Å². The predicted octanol–water partition coefficient (Wildman–Crippen LogP) is 1.71. The van der Waals surface area contributed by atoms with Gasteiger partial charge in [0, 0.05) is 30.6 Å². The molecule has 0 aliphatic heterocycles. The van der Waals surface area contributed by atoms with Crippen LogP contribution in [0.15, 0.2) is 34.9 Å². The van der Waals surface area contributed by atoms with Crippen molar-refractivity contribution in [1.82, 2.24) is 10.1 Å². The van der Waals surface area contributed by atoms with Gasteiger partial charge in [0.05, 0.1) is 13.2 Å². The largest absolute Gasteiger partial charge is 0.396 e. The van der Waals surface area contributed by atoms with Crippen molar-refractivity contribution >= 4 is 5.91 Å². The summed E-state index contributed by atoms with van der Waals surface area (Å²) in [7, 11) is 1.60. The second-order valence-electron chi connectivity index (χ2n) is 6.23. The zero-order chi connectivity index (χ0) is 17.0. The molecule has 1 heterocycles. The highest BCUT2D eigenvalue weighted by molar-refractivity contribution is 5.92. The fourth-order valence-corrected chi connectivity index (χ4v) is 2.22. The van der Waals surface area contributed by atoms with Crippen molar-refractivity contribution in [2.75, 3.05) is 26.8 Å². The summed E-state index contributed by atoms with van der Waals surface area (Å²) in [5, 5.41) is 22.6. The van der Waals surface area contributed by atoms with Gasteiger partial charge in [0.25, 0.3) is 5.91 Å². The van der Waals surface area contributed by atoms with Crippen molar-refractivity contribution in [3.05, 3.63) is 41.7 Å². The molecular weight excluding hydrogens is 296 g/mol. The number of benzene rings is 1. The first-order chi connectivity index (χ1) is 10.9. The summed E-state index contributed by atoms with van der Waals surface area (Å²) in [4.78, 5) is 13.8. The Kier molecular flexibility index (Phi) is 5.18. The zero-order valence-corrected chi connectivity index (χ0v) is 13.6. The van der Waals surface area contributed by atoms with Crippen molar-refractivity contribution in [1.29, 1.82) is 0 Å². The number of amides is 1. The Labute approximate surface area is 135 Å². The summed E-state index contributed by atoms with van der Waals surface area (Å²) < 4.78 is 5.15. The minimum absolute atomic E-state index is 0.126. The van der Waals surface area contributed by atoms with E-state index in [-0.39, 0.29) is 31.4 Å². The highest BCUT2D eigenvalue weighted by atomic mass is 16.5. The number of aryl methyl sites for hydroxylation is 1. The average molecular weight is 318 g/mol. The van der Waals surface area contributed by atoms with Crippen LogP contribution in [0, 0.1) is 12.3 Å². The summed E-state index contributed by atoms with van der Waals surface area (Å²) in [6.07, 6.45) is 0. The Hall–Kier alpha value is -2.18. The molecule has 0 saturated carbocycles. The number of rotatable bonds is 6. The SMILES string of the molecule is Cc1ccc(-c2cc(C(=O)N(C)CC(C)(CO)CO)on2)cc1. The summed E-state index contributed by atoms with van der Waals surface area (Å²) in [5.41, 5.74) is 1.84. The molecule has 1 aromatic heterocycles. The Morgan fingerprint density at radius 2 is 1.87 bits per heavy atom. The molecule has 1 amide bonds. The van der Waals surface area contributed by atoms with Crippen LogP contribution >= 0.6 is 0 Å². The molecule has 23 heavy (non-hydrogen) atoms. The minimum Gasteiger partial charge on any atom is -0.396 e. The van der Waals surface area contributed by atoms with E-state index >= 15 is 0 Å². The van der Waals surface area contributed by atoms with Crippen LogP contribution in [0.25, 0.3) is 11.3 Å². The van der Waals surface area contributed by atoms with Crippen molar-refractivity contribution in [2.24, 2.45) is 5.41 Å². The maximum atomic E-state index is 12.4. The highest BCUT2D eigenvalue weighted by Crippen LogP contribution is 2.21. The van der Waals surface area contributed by atoms with E-state index in [9.17, 15) is 15.0 Å². The van der Waals surface area contributed by atoms with E-state index in [0.29, 0.717) is 5.69 Å². The Morgan fingerprint density at radius 1 is 1.26 bits per heavy atom. The van der Waals surface area contributed by atoms with E-state index in [1.165, 1.54) is 4.90 Å². The molecule has 0 saturated heterocycles. The molecule has 124 valence electrons. The molecule has 0 radical (unpaired) electrons. The molecular formula is C17H22N2O4. The molecule has 0 fully saturated rings. The van der Waals surface area contributed by atoms with Crippen LogP contribution in [0.3, 0.4) is 0 Å².